The molecule has 55 heavy (non-hydrogen) atoms. The molecule has 0 fully saturated rings. The zero-order valence-electron chi connectivity index (χ0n) is 31.9. The fourth-order valence-electron chi connectivity index (χ4n) is 6.33. The summed E-state index contributed by atoms with van der Waals surface area (Å²) in [6, 6.07) is 37.9. The van der Waals surface area contributed by atoms with Crippen LogP contribution < -0.4 is 9.47 Å². The van der Waals surface area contributed by atoms with Crippen molar-refractivity contribution in [2.45, 2.75) is 78.1 Å². The topological polar surface area (TPSA) is 106 Å². The van der Waals surface area contributed by atoms with Gasteiger partial charge in [-0.15, -0.1) is 10.2 Å². The van der Waals surface area contributed by atoms with Crippen molar-refractivity contribution in [1.29, 1.82) is 0 Å². The van der Waals surface area contributed by atoms with Crippen molar-refractivity contribution in [3.8, 4) is 11.5 Å². The van der Waals surface area contributed by atoms with E-state index in [0.29, 0.717) is 40.8 Å². The number of unbranched alkanes of at least 4 members (excludes halogenated alkanes) is 8. The first kappa shape index (κ1) is 38.8. The third-order valence-electron chi connectivity index (χ3n) is 9.41. The summed E-state index contributed by atoms with van der Waals surface area (Å²) in [5.74, 6) is 1.72. The molecule has 0 aliphatic rings. The summed E-state index contributed by atoms with van der Waals surface area (Å²) >= 11 is 0. The average molecular weight is 735 g/mol. The smallest absolute Gasteiger partial charge is 0.245 e. The van der Waals surface area contributed by atoms with Crippen LogP contribution in [0.2, 0.25) is 0 Å². The summed E-state index contributed by atoms with van der Waals surface area (Å²) < 4.78 is 12.3. The maximum atomic E-state index is 12.9. The summed E-state index contributed by atoms with van der Waals surface area (Å²) in [6.45, 7) is 5.85. The van der Waals surface area contributed by atoms with E-state index >= 15 is 0 Å². The highest BCUT2D eigenvalue weighted by molar-refractivity contribution is 5.97. The predicted octanol–water partition coefficient (Wildman–Crippen LogP) is 15.4. The van der Waals surface area contributed by atoms with Gasteiger partial charge in [0.2, 0.25) is 5.69 Å². The van der Waals surface area contributed by atoms with Gasteiger partial charge in [-0.3, -0.25) is 0 Å². The Kier molecular flexibility index (Phi) is 14.4. The number of fused-ring (bicyclic) bond motifs is 2. The molecular weight excluding hydrogens is 685 g/mol. The highest BCUT2D eigenvalue weighted by Crippen LogP contribution is 2.36. The van der Waals surface area contributed by atoms with Gasteiger partial charge in [0, 0.05) is 38.8 Å². The van der Waals surface area contributed by atoms with Crippen molar-refractivity contribution in [2.75, 3.05) is 13.2 Å². The van der Waals surface area contributed by atoms with Crippen LogP contribution >= 0.6 is 0 Å². The molecule has 9 nitrogen and oxygen atoms in total. The maximum absolute atomic E-state index is 12.9. The minimum Gasteiger partial charge on any atom is -0.594 e. The molecule has 6 rings (SSSR count). The number of benzene rings is 6. The fourth-order valence-corrected chi connectivity index (χ4v) is 6.33. The molecule has 282 valence electrons. The Hall–Kier alpha value is -5.96. The van der Waals surface area contributed by atoms with Crippen molar-refractivity contribution < 1.29 is 14.3 Å². The van der Waals surface area contributed by atoms with E-state index in [9.17, 15) is 5.21 Å². The molecule has 0 radical (unpaired) electrons. The van der Waals surface area contributed by atoms with Crippen molar-refractivity contribution in [2.24, 2.45) is 25.6 Å². The van der Waals surface area contributed by atoms with Crippen LogP contribution in [0.15, 0.2) is 147 Å². The molecule has 0 amide bonds. The summed E-state index contributed by atoms with van der Waals surface area (Å²) in [5.41, 5.74) is 3.65. The molecule has 0 saturated heterocycles. The van der Waals surface area contributed by atoms with E-state index < -0.39 is 0 Å². The van der Waals surface area contributed by atoms with Gasteiger partial charge in [-0.05, 0) is 73.5 Å². The van der Waals surface area contributed by atoms with Gasteiger partial charge in [-0.25, -0.2) is 0 Å². The van der Waals surface area contributed by atoms with Crippen LogP contribution in [-0.2, 0) is 0 Å². The van der Waals surface area contributed by atoms with E-state index in [0.717, 1.165) is 57.3 Å². The van der Waals surface area contributed by atoms with Crippen LogP contribution in [0.25, 0.3) is 21.5 Å². The highest BCUT2D eigenvalue weighted by atomic mass is 16.5. The second-order valence-corrected chi connectivity index (χ2v) is 13.6. The van der Waals surface area contributed by atoms with Crippen molar-refractivity contribution in [3.63, 3.8) is 0 Å². The molecule has 9 heteroatoms. The first-order valence-electron chi connectivity index (χ1n) is 19.6. The molecule has 0 N–H and O–H groups in total. The second-order valence-electron chi connectivity index (χ2n) is 13.6. The van der Waals surface area contributed by atoms with Gasteiger partial charge < -0.3 is 14.7 Å². The Balaban J connectivity index is 1.06. The highest BCUT2D eigenvalue weighted by Gasteiger charge is 2.10. The summed E-state index contributed by atoms with van der Waals surface area (Å²) in [4.78, 5) is 0.592. The van der Waals surface area contributed by atoms with Crippen LogP contribution in [0.5, 0.6) is 11.5 Å². The average Bonchev–Trinajstić information content (AvgIpc) is 3.23. The van der Waals surface area contributed by atoms with Gasteiger partial charge in [-0.2, -0.15) is 10.2 Å². The summed E-state index contributed by atoms with van der Waals surface area (Å²) in [5, 5.41) is 39.1. The Bertz CT molecular complexity index is 2210. The number of nitrogens with zero attached hydrogens (tertiary/aromatic N) is 6. The minimum atomic E-state index is 0.375. The molecule has 0 spiro atoms. The van der Waals surface area contributed by atoms with Gasteiger partial charge in [-0.1, -0.05) is 119 Å². The number of rotatable bonds is 20. The molecule has 0 atom stereocenters. The van der Waals surface area contributed by atoms with Crippen LogP contribution in [0.3, 0.4) is 0 Å². The van der Waals surface area contributed by atoms with Crippen molar-refractivity contribution in [1.82, 2.24) is 0 Å². The molecule has 0 bridgehead atoms. The molecule has 0 unspecified atom stereocenters. The monoisotopic (exact) mass is 734 g/mol. The van der Waals surface area contributed by atoms with Crippen LogP contribution in [0, 0.1) is 5.21 Å². The van der Waals surface area contributed by atoms with Crippen molar-refractivity contribution >= 4 is 55.7 Å². The standard InChI is InChI=1S/C46H50N6O3/c1-3-5-7-9-15-33-54-45-31-29-43(39-17-11-13-19-41(39)45)49-47-35-21-23-37(24-22-35)51-52(53)38-27-25-36(26-28-38)48-50-44-30-32-46(42-20-14-12-18-40(42)44)55-34-16-10-8-6-4-2/h11-14,17-32H,3-10,15-16,33-34H2,1-2H3. The van der Waals surface area contributed by atoms with E-state index in [1.165, 1.54) is 51.4 Å². The molecule has 6 aromatic rings. The minimum absolute atomic E-state index is 0.375. The lowest BCUT2D eigenvalue weighted by Crippen LogP contribution is -1.97. The lowest BCUT2D eigenvalue weighted by atomic mass is 10.1. The van der Waals surface area contributed by atoms with E-state index in [4.69, 9.17) is 9.47 Å². The third kappa shape index (κ3) is 11.0. The molecule has 0 heterocycles. The number of hydrogen-bond acceptors (Lipinski definition) is 8. The zero-order valence-corrected chi connectivity index (χ0v) is 31.9. The lowest BCUT2D eigenvalue weighted by molar-refractivity contribution is -0.435. The van der Waals surface area contributed by atoms with Gasteiger partial charge in [0.05, 0.1) is 36.0 Å². The van der Waals surface area contributed by atoms with E-state index in [2.05, 4.69) is 45.5 Å². The van der Waals surface area contributed by atoms with Gasteiger partial charge in [0.15, 0.2) is 0 Å². The Morgan fingerprint density at radius 1 is 0.436 bits per heavy atom. The molecular formula is C46H50N6O3. The van der Waals surface area contributed by atoms with E-state index in [1.54, 1.807) is 48.5 Å². The van der Waals surface area contributed by atoms with Gasteiger partial charge in [0.1, 0.15) is 17.2 Å². The first-order valence-corrected chi connectivity index (χ1v) is 19.6. The quantitative estimate of drug-likeness (QED) is 0.0337. The number of azo groups is 3. The zero-order chi connectivity index (χ0) is 38.1. The van der Waals surface area contributed by atoms with Crippen LogP contribution in [0.4, 0.5) is 34.1 Å². The molecule has 0 aliphatic heterocycles. The van der Waals surface area contributed by atoms with Crippen LogP contribution in [-0.4, -0.2) is 18.1 Å². The van der Waals surface area contributed by atoms with Gasteiger partial charge in [0.25, 0.3) is 0 Å². The van der Waals surface area contributed by atoms with Crippen molar-refractivity contribution in [3.05, 3.63) is 127 Å². The molecule has 0 saturated carbocycles. The number of ether oxygens (including phenoxy) is 2. The van der Waals surface area contributed by atoms with E-state index in [1.807, 2.05) is 66.7 Å². The van der Waals surface area contributed by atoms with Gasteiger partial charge >= 0.3 is 0 Å². The first-order chi connectivity index (χ1) is 27.1. The molecule has 6 aromatic carbocycles. The fraction of sp³-hybridized carbons (Fsp3) is 0.304. The SMILES string of the molecule is CCCCCCCOc1ccc(N=Nc2ccc(N=[N+]([O-])c3ccc(N=Nc4ccc(OCCCCCCC)c5ccccc45)cc3)cc2)c2ccccc12. The third-order valence-corrected chi connectivity index (χ3v) is 9.41. The normalized spacial score (nSPS) is 12.0. The lowest BCUT2D eigenvalue weighted by Gasteiger charge is -2.10. The van der Waals surface area contributed by atoms with E-state index in [-0.39, 0.29) is 0 Å². The van der Waals surface area contributed by atoms with Crippen LogP contribution in [0.1, 0.15) is 78.1 Å². The Labute approximate surface area is 324 Å². The number of hydrogen-bond donors (Lipinski definition) is 0. The second kappa shape index (κ2) is 20.5. The predicted molar refractivity (Wildman–Crippen MR) is 223 cm³/mol. The summed E-state index contributed by atoms with van der Waals surface area (Å²) in [7, 11) is 0. The Morgan fingerprint density at radius 2 is 0.855 bits per heavy atom. The summed E-state index contributed by atoms with van der Waals surface area (Å²) in [6.07, 6.45) is 12.0. The molecule has 0 aliphatic carbocycles. The Morgan fingerprint density at radius 3 is 1.33 bits per heavy atom. The molecule has 0 aromatic heterocycles. The maximum Gasteiger partial charge on any atom is 0.245 e. The largest absolute Gasteiger partial charge is 0.594 e.